The van der Waals surface area contributed by atoms with Crippen LogP contribution in [0.2, 0.25) is 0 Å². The first-order valence-corrected chi connectivity index (χ1v) is 8.17. The van der Waals surface area contributed by atoms with Crippen LogP contribution in [0.5, 0.6) is 5.75 Å². The average molecular weight is 298 g/mol. The van der Waals surface area contributed by atoms with E-state index in [2.05, 4.69) is 44.0 Å². The molecule has 0 radical (unpaired) electrons. The van der Waals surface area contributed by atoms with Crippen molar-refractivity contribution in [3.63, 3.8) is 0 Å². The zero-order chi connectivity index (χ0) is 15.2. The first kappa shape index (κ1) is 15.6. The summed E-state index contributed by atoms with van der Waals surface area (Å²) in [4.78, 5) is 5.80. The van der Waals surface area contributed by atoms with E-state index < -0.39 is 0 Å². The molecule has 0 heterocycles. The maximum absolute atomic E-state index is 11.8. The minimum absolute atomic E-state index is 0.00738. The number of hydrogen-bond acceptors (Lipinski definition) is 3. The number of aliphatic imine (C=N–C) groups is 1. The molecular weight excluding hydrogens is 278 g/mol. The van der Waals surface area contributed by atoms with Gasteiger partial charge in [-0.05, 0) is 28.9 Å². The molecule has 0 saturated heterocycles. The van der Waals surface area contributed by atoms with E-state index in [-0.39, 0.29) is 5.75 Å². The van der Waals surface area contributed by atoms with E-state index in [0.717, 1.165) is 11.4 Å². The van der Waals surface area contributed by atoms with E-state index in [1.165, 1.54) is 10.5 Å². The van der Waals surface area contributed by atoms with Crippen molar-refractivity contribution in [1.29, 1.82) is 0 Å². The Bertz CT molecular complexity index is 635. The Labute approximate surface area is 130 Å². The van der Waals surface area contributed by atoms with Gasteiger partial charge in [0.15, 0.2) is 0 Å². The molecule has 0 bridgehead atoms. The molecule has 0 fully saturated rings. The fourth-order valence-electron chi connectivity index (χ4n) is 2.14. The van der Waals surface area contributed by atoms with Crippen LogP contribution < -0.4 is 5.11 Å². The van der Waals surface area contributed by atoms with E-state index in [1.54, 1.807) is 36.2 Å². The molecule has 2 nitrogen and oxygen atoms in total. The van der Waals surface area contributed by atoms with E-state index in [9.17, 15) is 5.11 Å². The molecule has 2 rings (SSSR count). The smallest absolute Gasteiger partial charge is 0.0800 e. The average Bonchev–Trinajstić information content (AvgIpc) is 2.47. The number of benzene rings is 2. The van der Waals surface area contributed by atoms with Gasteiger partial charge in [-0.3, -0.25) is 4.99 Å². The van der Waals surface area contributed by atoms with Gasteiger partial charge in [-0.15, -0.1) is 17.5 Å². The molecule has 0 aliphatic carbocycles. The lowest BCUT2D eigenvalue weighted by Crippen LogP contribution is -1.95. The predicted molar refractivity (Wildman–Crippen MR) is 90.1 cm³/mol. The molecule has 2 aromatic rings. The van der Waals surface area contributed by atoms with E-state index in [1.807, 2.05) is 6.07 Å². The minimum atomic E-state index is 0.00738. The highest BCUT2D eigenvalue weighted by atomic mass is 32.2. The van der Waals surface area contributed by atoms with Crippen LogP contribution in [0.15, 0.2) is 52.4 Å². The molecule has 0 aromatic heterocycles. The molecule has 0 atom stereocenters. The van der Waals surface area contributed by atoms with Crippen LogP contribution in [0, 0.1) is 0 Å². The first-order chi connectivity index (χ1) is 10.1. The van der Waals surface area contributed by atoms with Crippen LogP contribution >= 0.6 is 11.8 Å². The third-order valence-electron chi connectivity index (χ3n) is 3.20. The molecule has 110 valence electrons. The Morgan fingerprint density at radius 3 is 2.57 bits per heavy atom. The van der Waals surface area contributed by atoms with Gasteiger partial charge in [0.2, 0.25) is 0 Å². The highest BCUT2D eigenvalue weighted by Crippen LogP contribution is 2.36. The summed E-state index contributed by atoms with van der Waals surface area (Å²) < 4.78 is 0. The Hall–Kier alpha value is -1.74. The van der Waals surface area contributed by atoms with Crippen molar-refractivity contribution in [2.45, 2.75) is 31.6 Å². The quantitative estimate of drug-likeness (QED) is 0.590. The SMILES string of the molecule is CCSc1cccc(C(C)C)c1N=Cc1ccccc1[O-]. The van der Waals surface area contributed by atoms with Gasteiger partial charge >= 0.3 is 0 Å². The number of nitrogens with zero attached hydrogens (tertiary/aromatic N) is 1. The molecule has 3 heteroatoms. The second-order valence-electron chi connectivity index (χ2n) is 5.08. The summed E-state index contributed by atoms with van der Waals surface area (Å²) in [6, 6.07) is 13.3. The number of para-hydroxylation sites is 2. The summed E-state index contributed by atoms with van der Waals surface area (Å²) in [5.74, 6) is 1.41. The van der Waals surface area contributed by atoms with Crippen molar-refractivity contribution < 1.29 is 5.11 Å². The maximum atomic E-state index is 11.8. The summed E-state index contributed by atoms with van der Waals surface area (Å²) >= 11 is 1.78. The topological polar surface area (TPSA) is 35.4 Å². The van der Waals surface area contributed by atoms with Gasteiger partial charge in [0.1, 0.15) is 0 Å². The van der Waals surface area contributed by atoms with E-state index in [4.69, 9.17) is 0 Å². The molecule has 0 aliphatic rings. The molecular formula is C18H20NOS-. The van der Waals surface area contributed by atoms with Crippen LogP contribution in [0.4, 0.5) is 5.69 Å². The van der Waals surface area contributed by atoms with Crippen LogP contribution in [0.25, 0.3) is 0 Å². The fourth-order valence-corrected chi connectivity index (χ4v) is 2.93. The third kappa shape index (κ3) is 3.88. The summed E-state index contributed by atoms with van der Waals surface area (Å²) in [7, 11) is 0. The standard InChI is InChI=1S/C18H21NOS/c1-4-21-17-11-7-9-15(13(2)3)18(17)19-12-14-8-5-6-10-16(14)20/h5-13,20H,4H2,1-3H3/p-1. The fraction of sp³-hybridized carbons (Fsp3) is 0.278. The van der Waals surface area contributed by atoms with Gasteiger partial charge in [0, 0.05) is 11.1 Å². The van der Waals surface area contributed by atoms with Crippen molar-refractivity contribution in [2.24, 2.45) is 4.99 Å². The molecule has 0 N–H and O–H groups in total. The molecule has 0 aliphatic heterocycles. The number of thioether (sulfide) groups is 1. The minimum Gasteiger partial charge on any atom is -0.872 e. The third-order valence-corrected chi connectivity index (χ3v) is 4.13. The summed E-state index contributed by atoms with van der Waals surface area (Å²) in [5.41, 5.74) is 2.83. The van der Waals surface area contributed by atoms with Gasteiger partial charge in [-0.1, -0.05) is 57.2 Å². The van der Waals surface area contributed by atoms with E-state index >= 15 is 0 Å². The van der Waals surface area contributed by atoms with Gasteiger partial charge in [0.05, 0.1) is 5.69 Å². The van der Waals surface area contributed by atoms with Crippen molar-refractivity contribution in [2.75, 3.05) is 5.75 Å². The summed E-state index contributed by atoms with van der Waals surface area (Å²) in [5, 5.41) is 11.8. The zero-order valence-corrected chi connectivity index (χ0v) is 13.5. The predicted octanol–water partition coefficient (Wildman–Crippen LogP) is 4.75. The maximum Gasteiger partial charge on any atom is 0.0800 e. The largest absolute Gasteiger partial charge is 0.872 e. The molecule has 2 aromatic carbocycles. The lowest BCUT2D eigenvalue weighted by atomic mass is 10.0. The summed E-state index contributed by atoms with van der Waals surface area (Å²) in [6.45, 7) is 6.46. The molecule has 0 spiro atoms. The molecule has 21 heavy (non-hydrogen) atoms. The normalized spacial score (nSPS) is 11.4. The van der Waals surface area contributed by atoms with Gasteiger partial charge in [-0.2, -0.15) is 0 Å². The van der Waals surface area contributed by atoms with Crippen molar-refractivity contribution in [3.05, 3.63) is 53.6 Å². The zero-order valence-electron chi connectivity index (χ0n) is 12.7. The van der Waals surface area contributed by atoms with Crippen molar-refractivity contribution in [1.82, 2.24) is 0 Å². The van der Waals surface area contributed by atoms with E-state index in [0.29, 0.717) is 11.5 Å². The molecule has 0 saturated carbocycles. The van der Waals surface area contributed by atoms with Crippen molar-refractivity contribution in [3.8, 4) is 5.75 Å². The lowest BCUT2D eigenvalue weighted by Gasteiger charge is -2.14. The monoisotopic (exact) mass is 298 g/mol. The van der Waals surface area contributed by atoms with Gasteiger partial charge in [-0.25, -0.2) is 0 Å². The van der Waals surface area contributed by atoms with Gasteiger partial charge in [0.25, 0.3) is 0 Å². The second-order valence-corrected chi connectivity index (χ2v) is 6.38. The first-order valence-electron chi connectivity index (χ1n) is 7.19. The Balaban J connectivity index is 2.44. The van der Waals surface area contributed by atoms with Crippen molar-refractivity contribution >= 4 is 23.7 Å². The number of rotatable bonds is 5. The Morgan fingerprint density at radius 1 is 1.14 bits per heavy atom. The Morgan fingerprint density at radius 2 is 1.90 bits per heavy atom. The second kappa shape index (κ2) is 7.32. The van der Waals surface area contributed by atoms with Crippen LogP contribution in [-0.4, -0.2) is 12.0 Å². The highest BCUT2D eigenvalue weighted by Gasteiger charge is 2.10. The Kier molecular flexibility index (Phi) is 5.45. The van der Waals surface area contributed by atoms with Crippen LogP contribution in [0.3, 0.4) is 0 Å². The van der Waals surface area contributed by atoms with Crippen LogP contribution in [-0.2, 0) is 0 Å². The lowest BCUT2D eigenvalue weighted by molar-refractivity contribution is -0.268. The molecule has 0 unspecified atom stereocenters. The number of hydrogen-bond donors (Lipinski definition) is 0. The van der Waals surface area contributed by atoms with Crippen LogP contribution in [0.1, 0.15) is 37.8 Å². The highest BCUT2D eigenvalue weighted by molar-refractivity contribution is 7.99. The summed E-state index contributed by atoms with van der Waals surface area (Å²) in [6.07, 6.45) is 1.68. The molecule has 0 amide bonds. The van der Waals surface area contributed by atoms with Gasteiger partial charge < -0.3 is 5.11 Å².